The number of anilines is 1. The Bertz CT molecular complexity index is 526. The first-order chi connectivity index (χ1) is 8.00. The maximum Gasteiger partial charge on any atom is 0.125 e. The normalized spacial score (nSPS) is 11.1. The van der Waals surface area contributed by atoms with Gasteiger partial charge in [0.1, 0.15) is 11.6 Å². The Hall–Kier alpha value is -1.84. The predicted molar refractivity (Wildman–Crippen MR) is 67.1 cm³/mol. The lowest BCUT2D eigenvalue weighted by Gasteiger charge is -2.07. The fourth-order valence-corrected chi connectivity index (χ4v) is 1.94. The van der Waals surface area contributed by atoms with Crippen LogP contribution in [0.5, 0.6) is 0 Å². The quantitative estimate of drug-likeness (QED) is 0.866. The van der Waals surface area contributed by atoms with Crippen molar-refractivity contribution < 1.29 is 4.39 Å². The number of halogens is 1. The summed E-state index contributed by atoms with van der Waals surface area (Å²) in [6.45, 7) is 4.14. The van der Waals surface area contributed by atoms with Crippen LogP contribution >= 0.6 is 0 Å². The molecule has 0 aliphatic carbocycles. The number of nitrogens with two attached hydrogens (primary N) is 1. The van der Waals surface area contributed by atoms with Crippen molar-refractivity contribution in [2.45, 2.75) is 19.8 Å². The average Bonchev–Trinajstić information content (AvgIpc) is 2.56. The Kier molecular flexibility index (Phi) is 2.88. The second-order valence-corrected chi connectivity index (χ2v) is 4.43. The van der Waals surface area contributed by atoms with E-state index < -0.39 is 0 Å². The first-order valence-corrected chi connectivity index (χ1v) is 5.59. The van der Waals surface area contributed by atoms with Crippen molar-refractivity contribution >= 4 is 5.82 Å². The van der Waals surface area contributed by atoms with Gasteiger partial charge < -0.3 is 5.73 Å². The Balaban J connectivity index is 2.59. The van der Waals surface area contributed by atoms with Crippen LogP contribution in [-0.2, 0) is 7.05 Å². The molecule has 0 spiro atoms. The lowest BCUT2D eigenvalue weighted by molar-refractivity contribution is 0.628. The summed E-state index contributed by atoms with van der Waals surface area (Å²) in [6, 6.07) is 6.32. The van der Waals surface area contributed by atoms with Gasteiger partial charge in [-0.3, -0.25) is 4.68 Å². The maximum atomic E-state index is 12.9. The minimum Gasteiger partial charge on any atom is -0.384 e. The number of aryl methyl sites for hydroxylation is 1. The van der Waals surface area contributed by atoms with Crippen LogP contribution in [0, 0.1) is 5.82 Å². The number of hydrogen-bond acceptors (Lipinski definition) is 2. The molecular formula is C13H16FN3. The van der Waals surface area contributed by atoms with Gasteiger partial charge in [0.25, 0.3) is 0 Å². The molecule has 1 heterocycles. The highest BCUT2D eigenvalue weighted by atomic mass is 19.1. The van der Waals surface area contributed by atoms with E-state index in [1.54, 1.807) is 16.8 Å². The Morgan fingerprint density at radius 1 is 1.24 bits per heavy atom. The molecule has 0 atom stereocenters. The van der Waals surface area contributed by atoms with Gasteiger partial charge in [-0.05, 0) is 30.2 Å². The molecule has 1 aromatic carbocycles. The zero-order valence-electron chi connectivity index (χ0n) is 10.2. The summed E-state index contributed by atoms with van der Waals surface area (Å²) in [5.41, 5.74) is 8.74. The molecule has 4 heteroatoms. The molecule has 0 radical (unpaired) electrons. The number of nitrogen functional groups attached to an aromatic ring is 1. The third-order valence-corrected chi connectivity index (χ3v) is 2.82. The third-order valence-electron chi connectivity index (χ3n) is 2.82. The largest absolute Gasteiger partial charge is 0.384 e. The van der Waals surface area contributed by atoms with E-state index in [2.05, 4.69) is 18.9 Å². The molecule has 90 valence electrons. The van der Waals surface area contributed by atoms with Gasteiger partial charge in [-0.1, -0.05) is 13.8 Å². The standard InChI is InChI=1S/C13H16FN3/c1-8(2)11-12(16-17(3)13(11)15)9-4-6-10(14)7-5-9/h4-8H,15H2,1-3H3. The molecule has 1 aromatic heterocycles. The molecule has 0 unspecified atom stereocenters. The highest BCUT2D eigenvalue weighted by molar-refractivity contribution is 5.69. The van der Waals surface area contributed by atoms with Gasteiger partial charge >= 0.3 is 0 Å². The van der Waals surface area contributed by atoms with Crippen LogP contribution < -0.4 is 5.73 Å². The summed E-state index contributed by atoms with van der Waals surface area (Å²) in [5.74, 6) is 0.701. The van der Waals surface area contributed by atoms with Crippen molar-refractivity contribution in [1.29, 1.82) is 0 Å². The van der Waals surface area contributed by atoms with Gasteiger partial charge in [0.15, 0.2) is 0 Å². The highest BCUT2D eigenvalue weighted by Crippen LogP contribution is 2.32. The second kappa shape index (κ2) is 4.20. The van der Waals surface area contributed by atoms with Crippen molar-refractivity contribution in [1.82, 2.24) is 9.78 Å². The molecule has 2 N–H and O–H groups in total. The van der Waals surface area contributed by atoms with Gasteiger partial charge in [-0.25, -0.2) is 4.39 Å². The first kappa shape index (κ1) is 11.6. The number of benzene rings is 1. The molecule has 0 saturated heterocycles. The number of aromatic nitrogens is 2. The minimum absolute atomic E-state index is 0.247. The van der Waals surface area contributed by atoms with E-state index in [1.165, 1.54) is 12.1 Å². The molecule has 0 amide bonds. The number of nitrogens with zero attached hydrogens (tertiary/aromatic N) is 2. The van der Waals surface area contributed by atoms with Gasteiger partial charge in [0, 0.05) is 18.2 Å². The molecule has 0 bridgehead atoms. The summed E-state index contributed by atoms with van der Waals surface area (Å²) in [5, 5.41) is 4.40. The lowest BCUT2D eigenvalue weighted by atomic mass is 9.99. The number of rotatable bonds is 2. The minimum atomic E-state index is -0.247. The van der Waals surface area contributed by atoms with E-state index in [0.29, 0.717) is 5.82 Å². The van der Waals surface area contributed by atoms with E-state index in [0.717, 1.165) is 16.8 Å². The van der Waals surface area contributed by atoms with Crippen molar-refractivity contribution in [3.8, 4) is 11.3 Å². The van der Waals surface area contributed by atoms with Crippen molar-refractivity contribution in [2.24, 2.45) is 7.05 Å². The Morgan fingerprint density at radius 2 is 1.82 bits per heavy atom. The van der Waals surface area contributed by atoms with E-state index in [-0.39, 0.29) is 11.7 Å². The van der Waals surface area contributed by atoms with Crippen LogP contribution in [0.15, 0.2) is 24.3 Å². The predicted octanol–water partition coefficient (Wildman–Crippen LogP) is 2.93. The highest BCUT2D eigenvalue weighted by Gasteiger charge is 2.17. The molecule has 0 saturated carbocycles. The Labute approximate surface area is 100 Å². The SMILES string of the molecule is CC(C)c1c(-c2ccc(F)cc2)nn(C)c1N. The third kappa shape index (κ3) is 2.02. The van der Waals surface area contributed by atoms with Crippen LogP contribution in [0.3, 0.4) is 0 Å². The van der Waals surface area contributed by atoms with Gasteiger partial charge in [-0.2, -0.15) is 5.10 Å². The maximum absolute atomic E-state index is 12.9. The van der Waals surface area contributed by atoms with Gasteiger partial charge in [0.2, 0.25) is 0 Å². The topological polar surface area (TPSA) is 43.8 Å². The molecule has 0 fully saturated rings. The molecule has 3 nitrogen and oxygen atoms in total. The van der Waals surface area contributed by atoms with E-state index >= 15 is 0 Å². The van der Waals surface area contributed by atoms with Gasteiger partial charge in [0.05, 0.1) is 5.69 Å². The van der Waals surface area contributed by atoms with Crippen molar-refractivity contribution in [3.63, 3.8) is 0 Å². The molecule has 0 aliphatic heterocycles. The van der Waals surface area contributed by atoms with Crippen LogP contribution in [0.1, 0.15) is 25.3 Å². The monoisotopic (exact) mass is 233 g/mol. The van der Waals surface area contributed by atoms with Crippen LogP contribution in [0.4, 0.5) is 10.2 Å². The smallest absolute Gasteiger partial charge is 0.125 e. The molecule has 0 aliphatic rings. The fraction of sp³-hybridized carbons (Fsp3) is 0.308. The zero-order valence-corrected chi connectivity index (χ0v) is 10.2. The fourth-order valence-electron chi connectivity index (χ4n) is 1.94. The van der Waals surface area contributed by atoms with Gasteiger partial charge in [-0.15, -0.1) is 0 Å². The summed E-state index contributed by atoms with van der Waals surface area (Å²) >= 11 is 0. The van der Waals surface area contributed by atoms with Crippen LogP contribution in [0.25, 0.3) is 11.3 Å². The Morgan fingerprint density at radius 3 is 2.35 bits per heavy atom. The number of hydrogen-bond donors (Lipinski definition) is 1. The van der Waals surface area contributed by atoms with E-state index in [9.17, 15) is 4.39 Å². The summed E-state index contributed by atoms with van der Waals surface area (Å²) in [7, 11) is 1.81. The van der Waals surface area contributed by atoms with E-state index in [4.69, 9.17) is 5.73 Å². The second-order valence-electron chi connectivity index (χ2n) is 4.43. The summed E-state index contributed by atoms with van der Waals surface area (Å²) in [6.07, 6.45) is 0. The lowest BCUT2D eigenvalue weighted by Crippen LogP contribution is -2.00. The van der Waals surface area contributed by atoms with E-state index in [1.807, 2.05) is 7.05 Å². The first-order valence-electron chi connectivity index (χ1n) is 5.59. The summed E-state index contributed by atoms with van der Waals surface area (Å²) in [4.78, 5) is 0. The molecular weight excluding hydrogens is 217 g/mol. The van der Waals surface area contributed by atoms with Crippen LogP contribution in [-0.4, -0.2) is 9.78 Å². The molecule has 2 aromatic rings. The summed E-state index contributed by atoms with van der Waals surface area (Å²) < 4.78 is 14.6. The zero-order chi connectivity index (χ0) is 12.6. The van der Waals surface area contributed by atoms with Crippen molar-refractivity contribution in [3.05, 3.63) is 35.6 Å². The average molecular weight is 233 g/mol. The van der Waals surface area contributed by atoms with Crippen LogP contribution in [0.2, 0.25) is 0 Å². The molecule has 2 rings (SSSR count). The van der Waals surface area contributed by atoms with Crippen molar-refractivity contribution in [2.75, 3.05) is 5.73 Å². The molecule has 17 heavy (non-hydrogen) atoms.